The first-order valence-corrected chi connectivity index (χ1v) is 7.82. The molecule has 21 heavy (non-hydrogen) atoms. The lowest BCUT2D eigenvalue weighted by molar-refractivity contribution is 0.0696. The van der Waals surface area contributed by atoms with Crippen LogP contribution in [0.2, 0.25) is 0 Å². The van der Waals surface area contributed by atoms with E-state index in [0.29, 0.717) is 17.8 Å². The molecular weight excluding hydrogens is 266 g/mol. The smallest absolute Gasteiger partial charge is 0.335 e. The Morgan fingerprint density at radius 2 is 2.14 bits per heavy atom. The maximum absolute atomic E-state index is 10.9. The molecule has 0 atom stereocenters. The first kappa shape index (κ1) is 15.8. The van der Waals surface area contributed by atoms with Crippen molar-refractivity contribution in [3.05, 3.63) is 29.8 Å². The highest BCUT2D eigenvalue weighted by molar-refractivity contribution is 5.87. The minimum Gasteiger partial charge on any atom is -0.492 e. The fraction of sp³-hybridized carbons (Fsp3) is 0.588. The quantitative estimate of drug-likeness (QED) is 0.721. The van der Waals surface area contributed by atoms with E-state index in [1.165, 1.54) is 32.1 Å². The van der Waals surface area contributed by atoms with Crippen molar-refractivity contribution in [2.45, 2.75) is 39.0 Å². The van der Waals surface area contributed by atoms with Crippen LogP contribution in [0.15, 0.2) is 24.3 Å². The van der Waals surface area contributed by atoms with Crippen LogP contribution in [0.1, 0.15) is 49.4 Å². The van der Waals surface area contributed by atoms with Crippen molar-refractivity contribution in [3.8, 4) is 5.75 Å². The van der Waals surface area contributed by atoms with E-state index in [2.05, 4.69) is 12.2 Å². The molecule has 0 saturated heterocycles. The van der Waals surface area contributed by atoms with E-state index in [0.717, 1.165) is 13.1 Å². The number of aromatic carboxylic acids is 1. The Morgan fingerprint density at radius 3 is 2.81 bits per heavy atom. The van der Waals surface area contributed by atoms with Crippen LogP contribution in [0.4, 0.5) is 0 Å². The van der Waals surface area contributed by atoms with E-state index in [9.17, 15) is 4.79 Å². The predicted octanol–water partition coefficient (Wildman–Crippen LogP) is 3.32. The van der Waals surface area contributed by atoms with Gasteiger partial charge in [-0.1, -0.05) is 25.8 Å². The SMILES string of the molecule is CCC1(CNCCOc2cccc(C(=O)O)c2)CCCC1. The van der Waals surface area contributed by atoms with Crippen LogP contribution < -0.4 is 10.1 Å². The zero-order valence-electron chi connectivity index (χ0n) is 12.7. The van der Waals surface area contributed by atoms with E-state index in [4.69, 9.17) is 9.84 Å². The number of hydrogen-bond acceptors (Lipinski definition) is 3. The number of carboxylic acid groups (broad SMARTS) is 1. The summed E-state index contributed by atoms with van der Waals surface area (Å²) in [6, 6.07) is 6.62. The second-order valence-corrected chi connectivity index (χ2v) is 5.92. The number of benzene rings is 1. The summed E-state index contributed by atoms with van der Waals surface area (Å²) >= 11 is 0. The molecule has 2 rings (SSSR count). The molecule has 1 aliphatic carbocycles. The minimum atomic E-state index is -0.926. The molecule has 0 spiro atoms. The molecule has 0 amide bonds. The van der Waals surface area contributed by atoms with Crippen molar-refractivity contribution in [1.29, 1.82) is 0 Å². The minimum absolute atomic E-state index is 0.261. The summed E-state index contributed by atoms with van der Waals surface area (Å²) in [5, 5.41) is 12.4. The van der Waals surface area contributed by atoms with E-state index >= 15 is 0 Å². The summed E-state index contributed by atoms with van der Waals surface area (Å²) in [4.78, 5) is 10.9. The van der Waals surface area contributed by atoms with Gasteiger partial charge in [0, 0.05) is 13.1 Å². The van der Waals surface area contributed by atoms with Crippen molar-refractivity contribution in [1.82, 2.24) is 5.32 Å². The number of carbonyl (C=O) groups is 1. The number of hydrogen-bond donors (Lipinski definition) is 2. The third kappa shape index (κ3) is 4.46. The molecule has 4 nitrogen and oxygen atoms in total. The molecule has 0 radical (unpaired) electrons. The van der Waals surface area contributed by atoms with Crippen LogP contribution >= 0.6 is 0 Å². The molecule has 0 aliphatic heterocycles. The first-order valence-electron chi connectivity index (χ1n) is 7.82. The largest absolute Gasteiger partial charge is 0.492 e. The highest BCUT2D eigenvalue weighted by atomic mass is 16.5. The van der Waals surface area contributed by atoms with Gasteiger partial charge in [0.15, 0.2) is 0 Å². The van der Waals surface area contributed by atoms with E-state index in [1.54, 1.807) is 24.3 Å². The predicted molar refractivity (Wildman–Crippen MR) is 83.0 cm³/mol. The molecule has 116 valence electrons. The van der Waals surface area contributed by atoms with Gasteiger partial charge in [0.2, 0.25) is 0 Å². The summed E-state index contributed by atoms with van der Waals surface area (Å²) in [5.74, 6) is -0.313. The highest BCUT2D eigenvalue weighted by Crippen LogP contribution is 2.40. The summed E-state index contributed by atoms with van der Waals surface area (Å²) in [5.41, 5.74) is 0.750. The monoisotopic (exact) mass is 291 g/mol. The third-order valence-corrected chi connectivity index (χ3v) is 4.54. The Morgan fingerprint density at radius 1 is 1.38 bits per heavy atom. The van der Waals surface area contributed by atoms with Crippen molar-refractivity contribution < 1.29 is 14.6 Å². The van der Waals surface area contributed by atoms with Crippen LogP contribution in [-0.2, 0) is 0 Å². The van der Waals surface area contributed by atoms with Gasteiger partial charge in [-0.05, 0) is 42.9 Å². The van der Waals surface area contributed by atoms with Crippen LogP contribution in [0.5, 0.6) is 5.75 Å². The van der Waals surface area contributed by atoms with Gasteiger partial charge in [-0.3, -0.25) is 0 Å². The standard InChI is InChI=1S/C17H25NO3/c1-2-17(8-3-4-9-17)13-18-10-11-21-15-7-5-6-14(12-15)16(19)20/h5-7,12,18H,2-4,8-11,13H2,1H3,(H,19,20). The second kappa shape index (κ2) is 7.46. The lowest BCUT2D eigenvalue weighted by atomic mass is 9.83. The fourth-order valence-corrected chi connectivity index (χ4v) is 3.09. The van der Waals surface area contributed by atoms with Gasteiger partial charge in [0.05, 0.1) is 5.56 Å². The Balaban J connectivity index is 1.70. The zero-order valence-corrected chi connectivity index (χ0v) is 12.7. The molecule has 2 N–H and O–H groups in total. The van der Waals surface area contributed by atoms with Crippen LogP contribution in [0.25, 0.3) is 0 Å². The van der Waals surface area contributed by atoms with Crippen molar-refractivity contribution >= 4 is 5.97 Å². The van der Waals surface area contributed by atoms with Gasteiger partial charge in [0.1, 0.15) is 12.4 Å². The summed E-state index contributed by atoms with van der Waals surface area (Å²) < 4.78 is 5.60. The molecule has 0 unspecified atom stereocenters. The van der Waals surface area contributed by atoms with E-state index in [1.807, 2.05) is 0 Å². The maximum atomic E-state index is 10.9. The normalized spacial score (nSPS) is 16.8. The highest BCUT2D eigenvalue weighted by Gasteiger charge is 2.31. The van der Waals surface area contributed by atoms with Gasteiger partial charge in [-0.25, -0.2) is 4.79 Å². The Kier molecular flexibility index (Phi) is 5.62. The Hall–Kier alpha value is -1.55. The van der Waals surface area contributed by atoms with Crippen LogP contribution in [0, 0.1) is 5.41 Å². The molecule has 1 aromatic rings. The van der Waals surface area contributed by atoms with Gasteiger partial charge in [-0.15, -0.1) is 0 Å². The average Bonchev–Trinajstić information content (AvgIpc) is 2.96. The number of rotatable bonds is 8. The lowest BCUT2D eigenvalue weighted by Gasteiger charge is -2.27. The third-order valence-electron chi connectivity index (χ3n) is 4.54. The van der Waals surface area contributed by atoms with E-state index < -0.39 is 5.97 Å². The fourth-order valence-electron chi connectivity index (χ4n) is 3.09. The first-order chi connectivity index (χ1) is 10.2. The summed E-state index contributed by atoms with van der Waals surface area (Å²) in [6.45, 7) is 4.69. The topological polar surface area (TPSA) is 58.6 Å². The number of carboxylic acids is 1. The maximum Gasteiger partial charge on any atom is 0.335 e. The van der Waals surface area contributed by atoms with Crippen molar-refractivity contribution in [3.63, 3.8) is 0 Å². The van der Waals surface area contributed by atoms with Gasteiger partial charge in [0.25, 0.3) is 0 Å². The lowest BCUT2D eigenvalue weighted by Crippen LogP contribution is -2.33. The van der Waals surface area contributed by atoms with Gasteiger partial charge >= 0.3 is 5.97 Å². The molecule has 0 bridgehead atoms. The Labute approximate surface area is 126 Å². The average molecular weight is 291 g/mol. The zero-order chi connectivity index (χ0) is 15.1. The van der Waals surface area contributed by atoms with Crippen LogP contribution in [-0.4, -0.2) is 30.8 Å². The van der Waals surface area contributed by atoms with E-state index in [-0.39, 0.29) is 5.56 Å². The summed E-state index contributed by atoms with van der Waals surface area (Å²) in [7, 11) is 0. The molecule has 0 aromatic heterocycles. The molecule has 1 aliphatic rings. The number of nitrogens with one attached hydrogen (secondary N) is 1. The molecule has 1 saturated carbocycles. The Bertz CT molecular complexity index is 467. The van der Waals surface area contributed by atoms with Gasteiger partial charge < -0.3 is 15.2 Å². The second-order valence-electron chi connectivity index (χ2n) is 5.92. The molecule has 1 aromatic carbocycles. The van der Waals surface area contributed by atoms with Crippen LogP contribution in [0.3, 0.4) is 0 Å². The van der Waals surface area contributed by atoms with Crippen molar-refractivity contribution in [2.75, 3.05) is 19.7 Å². The molecular formula is C17H25NO3. The number of ether oxygens (including phenoxy) is 1. The van der Waals surface area contributed by atoms with Gasteiger partial charge in [-0.2, -0.15) is 0 Å². The molecule has 4 heteroatoms. The van der Waals surface area contributed by atoms with Crippen molar-refractivity contribution in [2.24, 2.45) is 5.41 Å². The summed E-state index contributed by atoms with van der Waals surface area (Å²) in [6.07, 6.45) is 6.61. The molecule has 0 heterocycles. The molecule has 1 fully saturated rings.